The highest BCUT2D eigenvalue weighted by atomic mass is 32.2. The highest BCUT2D eigenvalue weighted by Crippen LogP contribution is 2.76. The normalized spacial score (nSPS) is 34.0. The Morgan fingerprint density at radius 2 is 2.03 bits per heavy atom. The van der Waals surface area contributed by atoms with E-state index in [-0.39, 0.29) is 11.1 Å². The number of aromatic amines is 1. The second-order valence-electron chi connectivity index (χ2n) is 11.0. The molecule has 4 aliphatic rings. The molecule has 32 heavy (non-hydrogen) atoms. The first-order valence-corrected chi connectivity index (χ1v) is 13.1. The Morgan fingerprint density at radius 1 is 1.12 bits per heavy atom. The summed E-state index contributed by atoms with van der Waals surface area (Å²) in [4.78, 5) is 15.8. The second-order valence-corrected chi connectivity index (χ2v) is 11.6. The molecule has 2 aromatic heterocycles. The number of rotatable bonds is 5. The molecule has 6 heteroatoms. The first-order chi connectivity index (χ1) is 15.5. The third-order valence-corrected chi connectivity index (χ3v) is 9.73. The van der Waals surface area contributed by atoms with E-state index in [0.29, 0.717) is 10.9 Å². The van der Waals surface area contributed by atoms with Gasteiger partial charge < -0.3 is 19.6 Å². The molecule has 3 N–H and O–H groups in total. The maximum Gasteiger partial charge on any atom is 0.274 e. The average molecular weight is 447 g/mol. The van der Waals surface area contributed by atoms with Gasteiger partial charge in [-0.1, -0.05) is 11.9 Å². The summed E-state index contributed by atoms with van der Waals surface area (Å²) in [5.41, 5.74) is 6.14. The van der Waals surface area contributed by atoms with Gasteiger partial charge in [0.05, 0.1) is 0 Å². The van der Waals surface area contributed by atoms with Crippen molar-refractivity contribution in [1.82, 2.24) is 9.55 Å². The summed E-state index contributed by atoms with van der Waals surface area (Å²) in [6.45, 7) is 0. The minimum absolute atomic E-state index is 0.0154. The van der Waals surface area contributed by atoms with E-state index in [0.717, 1.165) is 34.4 Å². The number of anilines is 2. The Bertz CT molecular complexity index is 1310. The largest absolute Gasteiger partial charge is 0.379 e. The fraction of sp³-hybridized carbons (Fsp3) is 0.500. The zero-order valence-corrected chi connectivity index (χ0v) is 19.5. The summed E-state index contributed by atoms with van der Waals surface area (Å²) < 4.78 is 5.10. The molecule has 1 spiro atoms. The topological polar surface area (TPSA) is 61.9 Å². The minimum Gasteiger partial charge on any atom is -0.379 e. The van der Waals surface area contributed by atoms with E-state index in [2.05, 4.69) is 33.2 Å². The van der Waals surface area contributed by atoms with Gasteiger partial charge >= 0.3 is 0 Å². The third kappa shape index (κ3) is 2.45. The molecule has 166 valence electrons. The maximum absolute atomic E-state index is 12.7. The molecule has 4 saturated carbocycles. The lowest BCUT2D eigenvalue weighted by Crippen LogP contribution is -2.43. The van der Waals surface area contributed by atoms with Crippen LogP contribution in [0.3, 0.4) is 0 Å². The maximum atomic E-state index is 12.7. The number of nitrogens with one attached hydrogen (secondary N) is 3. The van der Waals surface area contributed by atoms with Crippen LogP contribution in [0.1, 0.15) is 38.5 Å². The van der Waals surface area contributed by atoms with Crippen molar-refractivity contribution in [3.8, 4) is 11.1 Å². The third-order valence-electron chi connectivity index (χ3n) is 9.29. The van der Waals surface area contributed by atoms with Crippen molar-refractivity contribution in [3.05, 3.63) is 47.0 Å². The first kappa shape index (κ1) is 19.2. The SMILES string of the molecule is CSNc1ccc(NC23CC4CC5CC(C2)C5(C4)C3)c(-c2cn(C)c(=O)c3[nH]ccc23)c1. The van der Waals surface area contributed by atoms with Crippen LogP contribution >= 0.6 is 11.9 Å². The van der Waals surface area contributed by atoms with Gasteiger partial charge in [-0.25, -0.2) is 0 Å². The number of aromatic nitrogens is 2. The molecule has 1 aromatic carbocycles. The highest BCUT2D eigenvalue weighted by Gasteiger charge is 2.70. The van der Waals surface area contributed by atoms with Crippen LogP contribution in [-0.4, -0.2) is 21.3 Å². The van der Waals surface area contributed by atoms with Crippen LogP contribution in [0.4, 0.5) is 11.4 Å². The van der Waals surface area contributed by atoms with Gasteiger partial charge in [0.1, 0.15) is 5.52 Å². The van der Waals surface area contributed by atoms with Crippen LogP contribution in [0.5, 0.6) is 0 Å². The average Bonchev–Trinajstić information content (AvgIpc) is 3.38. The van der Waals surface area contributed by atoms with Crippen LogP contribution in [-0.2, 0) is 7.05 Å². The van der Waals surface area contributed by atoms with E-state index >= 15 is 0 Å². The molecule has 4 fully saturated rings. The molecular weight excluding hydrogens is 416 g/mol. The summed E-state index contributed by atoms with van der Waals surface area (Å²) in [5.74, 6) is 2.84. The van der Waals surface area contributed by atoms with Gasteiger partial charge in [0.15, 0.2) is 0 Å². The van der Waals surface area contributed by atoms with Crippen LogP contribution in [0.25, 0.3) is 22.0 Å². The Morgan fingerprint density at radius 3 is 2.91 bits per heavy atom. The molecule has 2 heterocycles. The number of H-pyrrole nitrogens is 1. The number of hydrogen-bond donors (Lipinski definition) is 3. The monoisotopic (exact) mass is 446 g/mol. The van der Waals surface area contributed by atoms with Gasteiger partial charge in [-0.3, -0.25) is 4.79 Å². The van der Waals surface area contributed by atoms with Crippen molar-refractivity contribution in [2.75, 3.05) is 16.3 Å². The molecule has 7 rings (SSSR count). The number of benzene rings is 1. The lowest BCUT2D eigenvalue weighted by Gasteiger charge is -2.49. The number of hydrogen-bond acceptors (Lipinski definition) is 4. The smallest absolute Gasteiger partial charge is 0.274 e. The standard InChI is InChI=1S/C26H30N4OS/c1-30-13-21(19-5-6-27-23(19)24(30)31)20-9-18(29-32-2)3-4-22(20)28-25-10-15-7-16-8-17(12-25)26(16,11-15)14-25/h3-6,9,13,15-17,27-29H,7-8,10-12,14H2,1-2H3. The van der Waals surface area contributed by atoms with Crippen LogP contribution in [0, 0.1) is 23.2 Å². The molecule has 4 aliphatic carbocycles. The number of fused-ring (bicyclic) bond motifs is 3. The van der Waals surface area contributed by atoms with E-state index in [1.54, 1.807) is 16.5 Å². The quantitative estimate of drug-likeness (QED) is 0.446. The Hall–Kier alpha value is -2.34. The highest BCUT2D eigenvalue weighted by molar-refractivity contribution is 7.99. The van der Waals surface area contributed by atoms with Crippen molar-refractivity contribution >= 4 is 34.2 Å². The number of aryl methyl sites for hydroxylation is 1. The van der Waals surface area contributed by atoms with Crippen LogP contribution in [0.2, 0.25) is 0 Å². The molecule has 0 amide bonds. The van der Waals surface area contributed by atoms with E-state index in [9.17, 15) is 4.79 Å². The Kier molecular flexibility index (Phi) is 3.82. The molecule has 0 radical (unpaired) electrons. The number of pyridine rings is 1. The fourth-order valence-corrected chi connectivity index (χ4v) is 8.69. The van der Waals surface area contributed by atoms with Crippen molar-refractivity contribution in [2.24, 2.45) is 30.2 Å². The molecule has 5 nitrogen and oxygen atoms in total. The van der Waals surface area contributed by atoms with Crippen molar-refractivity contribution < 1.29 is 0 Å². The van der Waals surface area contributed by atoms with Gasteiger partial charge in [0, 0.05) is 59.1 Å². The van der Waals surface area contributed by atoms with Gasteiger partial charge in [-0.2, -0.15) is 0 Å². The molecule has 0 saturated heterocycles. The number of nitrogens with zero attached hydrogens (tertiary/aromatic N) is 1. The Labute approximate surface area is 192 Å². The zero-order valence-electron chi connectivity index (χ0n) is 18.7. The summed E-state index contributed by atoms with van der Waals surface area (Å²) in [5, 5.41) is 5.12. The van der Waals surface area contributed by atoms with Crippen molar-refractivity contribution in [1.29, 1.82) is 0 Å². The van der Waals surface area contributed by atoms with Gasteiger partial charge in [0.2, 0.25) is 0 Å². The van der Waals surface area contributed by atoms with Crippen LogP contribution < -0.4 is 15.6 Å². The predicted octanol–water partition coefficient (Wildman–Crippen LogP) is 5.60. The zero-order chi connectivity index (χ0) is 21.7. The van der Waals surface area contributed by atoms with Crippen molar-refractivity contribution in [2.45, 2.75) is 44.1 Å². The summed E-state index contributed by atoms with van der Waals surface area (Å²) in [7, 11) is 1.84. The molecular formula is C26H30N4OS. The van der Waals surface area contributed by atoms with Crippen LogP contribution in [0.15, 0.2) is 41.5 Å². The lowest BCUT2D eigenvalue weighted by molar-refractivity contribution is 0.000392. The molecule has 3 bridgehead atoms. The van der Waals surface area contributed by atoms with E-state index in [4.69, 9.17) is 0 Å². The lowest BCUT2D eigenvalue weighted by atomic mass is 9.56. The van der Waals surface area contributed by atoms with Gasteiger partial charge in [-0.05, 0) is 86.0 Å². The van der Waals surface area contributed by atoms with E-state index in [1.807, 2.05) is 31.8 Å². The van der Waals surface area contributed by atoms with Crippen molar-refractivity contribution in [3.63, 3.8) is 0 Å². The summed E-state index contributed by atoms with van der Waals surface area (Å²) >= 11 is 1.60. The predicted molar refractivity (Wildman–Crippen MR) is 133 cm³/mol. The fourth-order valence-electron chi connectivity index (χ4n) is 8.33. The first-order valence-electron chi connectivity index (χ1n) is 11.9. The minimum atomic E-state index is 0.0154. The molecule has 5 atom stereocenters. The van der Waals surface area contributed by atoms with Gasteiger partial charge in [0.25, 0.3) is 5.56 Å². The van der Waals surface area contributed by atoms with E-state index in [1.165, 1.54) is 49.8 Å². The molecule has 0 aliphatic heterocycles. The van der Waals surface area contributed by atoms with Gasteiger partial charge in [-0.15, -0.1) is 0 Å². The molecule has 3 aromatic rings. The summed E-state index contributed by atoms with van der Waals surface area (Å²) in [6.07, 6.45) is 14.3. The second kappa shape index (κ2) is 6.37. The van der Waals surface area contributed by atoms with E-state index < -0.39 is 0 Å². The Balaban J connectivity index is 1.36. The molecule has 5 unspecified atom stereocenters. The summed E-state index contributed by atoms with van der Waals surface area (Å²) in [6, 6.07) is 8.70.